The molecule has 1 aliphatic carbocycles. The third-order valence-electron chi connectivity index (χ3n) is 5.28. The van der Waals surface area contributed by atoms with Crippen molar-refractivity contribution in [3.8, 4) is 6.07 Å². The summed E-state index contributed by atoms with van der Waals surface area (Å²) >= 11 is 5.95. The van der Waals surface area contributed by atoms with Crippen LogP contribution in [0.4, 0.5) is 5.69 Å². The van der Waals surface area contributed by atoms with Gasteiger partial charge in [0.15, 0.2) is 6.10 Å². The van der Waals surface area contributed by atoms with Crippen LogP contribution >= 0.6 is 11.6 Å². The van der Waals surface area contributed by atoms with Crippen molar-refractivity contribution >= 4 is 35.1 Å². The van der Waals surface area contributed by atoms with E-state index in [1.807, 2.05) is 6.07 Å². The lowest BCUT2D eigenvalue weighted by Gasteiger charge is -2.24. The molecule has 0 unspecified atom stereocenters. The summed E-state index contributed by atoms with van der Waals surface area (Å²) in [4.78, 5) is 38.7. The van der Waals surface area contributed by atoms with Gasteiger partial charge in [0.25, 0.3) is 5.91 Å². The van der Waals surface area contributed by atoms with Crippen LogP contribution in [0, 0.1) is 17.2 Å². The van der Waals surface area contributed by atoms with Crippen LogP contribution in [0.3, 0.4) is 0 Å². The van der Waals surface area contributed by atoms with Crippen LogP contribution in [0.5, 0.6) is 0 Å². The topological polar surface area (TPSA) is 99.5 Å². The Kier molecular flexibility index (Phi) is 6.20. The number of nitrogens with one attached hydrogen (secondary N) is 1. The molecule has 0 radical (unpaired) electrons. The third kappa shape index (κ3) is 4.45. The third-order valence-corrected chi connectivity index (χ3v) is 5.59. The van der Waals surface area contributed by atoms with Crippen LogP contribution in [0.2, 0.25) is 5.02 Å². The van der Waals surface area contributed by atoms with Gasteiger partial charge in [-0.1, -0.05) is 24.4 Å². The van der Waals surface area contributed by atoms with Crippen molar-refractivity contribution < 1.29 is 19.1 Å². The summed E-state index contributed by atoms with van der Waals surface area (Å²) in [5.41, 5.74) is 0.706. The summed E-state index contributed by atoms with van der Waals surface area (Å²) < 4.78 is 5.29. The number of carbonyl (C=O) groups excluding carboxylic acids is 3. The van der Waals surface area contributed by atoms with Gasteiger partial charge in [0.05, 0.1) is 16.5 Å². The van der Waals surface area contributed by atoms with Gasteiger partial charge in [0.2, 0.25) is 5.91 Å². The fraction of sp³-hybridized carbons (Fsp3) is 0.500. The molecule has 1 saturated carbocycles. The number of anilines is 1. The maximum atomic E-state index is 12.4. The van der Waals surface area contributed by atoms with E-state index in [2.05, 4.69) is 5.32 Å². The SMILES string of the molecule is C[C@H](OC(=O)[C@@H]1CC(=O)N(C2CCCC2)C1)C(=O)Nc1ccc(C#N)c(Cl)c1. The number of esters is 1. The Bertz CT molecular complexity index is 829. The zero-order valence-electron chi connectivity index (χ0n) is 15.6. The zero-order valence-corrected chi connectivity index (χ0v) is 16.4. The van der Waals surface area contributed by atoms with E-state index < -0.39 is 23.9 Å². The van der Waals surface area contributed by atoms with Crippen LogP contribution in [0.25, 0.3) is 0 Å². The quantitative estimate of drug-likeness (QED) is 0.762. The lowest BCUT2D eigenvalue weighted by Crippen LogP contribution is -2.36. The lowest BCUT2D eigenvalue weighted by atomic mass is 10.1. The van der Waals surface area contributed by atoms with E-state index in [4.69, 9.17) is 21.6 Å². The molecule has 2 amide bonds. The predicted molar refractivity (Wildman–Crippen MR) is 102 cm³/mol. The summed E-state index contributed by atoms with van der Waals surface area (Å²) in [6, 6.07) is 6.67. The molecule has 28 heavy (non-hydrogen) atoms. The summed E-state index contributed by atoms with van der Waals surface area (Å²) in [5, 5.41) is 11.7. The van der Waals surface area contributed by atoms with Crippen LogP contribution in [-0.4, -0.2) is 41.4 Å². The minimum absolute atomic E-state index is 0.0156. The van der Waals surface area contributed by atoms with Crippen molar-refractivity contribution in [3.63, 3.8) is 0 Å². The smallest absolute Gasteiger partial charge is 0.312 e. The molecular weight excluding hydrogens is 382 g/mol. The maximum absolute atomic E-state index is 12.4. The van der Waals surface area contributed by atoms with E-state index in [1.54, 1.807) is 11.0 Å². The minimum Gasteiger partial charge on any atom is -0.452 e. The molecule has 1 saturated heterocycles. The highest BCUT2D eigenvalue weighted by atomic mass is 35.5. The highest BCUT2D eigenvalue weighted by Gasteiger charge is 2.40. The number of halogens is 1. The van der Waals surface area contributed by atoms with E-state index >= 15 is 0 Å². The van der Waals surface area contributed by atoms with Crippen molar-refractivity contribution in [2.45, 2.75) is 51.2 Å². The number of hydrogen-bond donors (Lipinski definition) is 1. The Morgan fingerprint density at radius 3 is 2.71 bits per heavy atom. The number of benzene rings is 1. The van der Waals surface area contributed by atoms with Crippen LogP contribution < -0.4 is 5.32 Å². The predicted octanol–water partition coefficient (Wildman–Crippen LogP) is 2.87. The van der Waals surface area contributed by atoms with Gasteiger partial charge in [0, 0.05) is 24.7 Å². The van der Waals surface area contributed by atoms with Crippen LogP contribution in [-0.2, 0) is 19.1 Å². The fourth-order valence-electron chi connectivity index (χ4n) is 3.71. The first-order valence-corrected chi connectivity index (χ1v) is 9.77. The van der Waals surface area contributed by atoms with E-state index in [9.17, 15) is 14.4 Å². The Hall–Kier alpha value is -2.59. The standard InChI is InChI=1S/C20H22ClN3O4/c1-12(19(26)23-15-7-6-13(10-22)17(21)9-15)28-20(27)14-8-18(25)24(11-14)16-4-2-3-5-16/h6-7,9,12,14,16H,2-5,8,11H2,1H3,(H,23,26)/t12-,14+/m0/s1. The number of ether oxygens (including phenoxy) is 1. The molecule has 0 aromatic heterocycles. The molecule has 0 bridgehead atoms. The summed E-state index contributed by atoms with van der Waals surface area (Å²) in [7, 11) is 0. The Morgan fingerprint density at radius 2 is 2.07 bits per heavy atom. The van der Waals surface area contributed by atoms with E-state index in [1.165, 1.54) is 19.1 Å². The van der Waals surface area contributed by atoms with Gasteiger partial charge in [-0.15, -0.1) is 0 Å². The molecule has 1 aromatic rings. The van der Waals surface area contributed by atoms with Crippen molar-refractivity contribution in [1.29, 1.82) is 5.26 Å². The Labute approximate surface area is 168 Å². The number of carbonyl (C=O) groups is 3. The molecular formula is C20H22ClN3O4. The van der Waals surface area contributed by atoms with Crippen molar-refractivity contribution in [1.82, 2.24) is 4.90 Å². The van der Waals surface area contributed by atoms with Gasteiger partial charge in [-0.05, 0) is 38.0 Å². The second-order valence-electron chi connectivity index (χ2n) is 7.26. The minimum atomic E-state index is -1.02. The Morgan fingerprint density at radius 1 is 1.36 bits per heavy atom. The highest BCUT2D eigenvalue weighted by Crippen LogP contribution is 2.30. The fourth-order valence-corrected chi connectivity index (χ4v) is 3.93. The van der Waals surface area contributed by atoms with Crippen molar-refractivity contribution in [2.24, 2.45) is 5.92 Å². The average Bonchev–Trinajstić information content (AvgIpc) is 3.31. The van der Waals surface area contributed by atoms with Crippen LogP contribution in [0.15, 0.2) is 18.2 Å². The monoisotopic (exact) mass is 403 g/mol. The number of rotatable bonds is 5. The molecule has 1 aromatic carbocycles. The zero-order chi connectivity index (χ0) is 20.3. The van der Waals surface area contributed by atoms with Crippen molar-refractivity contribution in [3.05, 3.63) is 28.8 Å². The highest BCUT2D eigenvalue weighted by molar-refractivity contribution is 6.32. The molecule has 7 nitrogen and oxygen atoms in total. The number of nitrogens with zero attached hydrogens (tertiary/aromatic N) is 2. The largest absolute Gasteiger partial charge is 0.452 e. The van der Waals surface area contributed by atoms with Gasteiger partial charge in [-0.3, -0.25) is 14.4 Å². The maximum Gasteiger partial charge on any atom is 0.312 e. The lowest BCUT2D eigenvalue weighted by molar-refractivity contribution is -0.157. The van der Waals surface area contributed by atoms with E-state index in [-0.39, 0.29) is 23.4 Å². The van der Waals surface area contributed by atoms with E-state index in [0.717, 1.165) is 25.7 Å². The second-order valence-corrected chi connectivity index (χ2v) is 7.67. The first-order valence-electron chi connectivity index (χ1n) is 9.39. The van der Waals surface area contributed by atoms with Crippen LogP contribution in [0.1, 0.15) is 44.6 Å². The number of nitriles is 1. The second kappa shape index (κ2) is 8.61. The molecule has 1 heterocycles. The van der Waals surface area contributed by atoms with Gasteiger partial charge in [-0.2, -0.15) is 5.26 Å². The molecule has 3 rings (SSSR count). The number of hydrogen-bond acceptors (Lipinski definition) is 5. The average molecular weight is 404 g/mol. The molecule has 2 aliphatic rings. The molecule has 2 atom stereocenters. The molecule has 1 N–H and O–H groups in total. The van der Waals surface area contributed by atoms with Gasteiger partial charge in [-0.25, -0.2) is 0 Å². The van der Waals surface area contributed by atoms with Crippen molar-refractivity contribution in [2.75, 3.05) is 11.9 Å². The molecule has 8 heteroatoms. The molecule has 0 spiro atoms. The summed E-state index contributed by atoms with van der Waals surface area (Å²) in [6.45, 7) is 1.84. The first-order chi connectivity index (χ1) is 13.4. The van der Waals surface area contributed by atoms with E-state index in [0.29, 0.717) is 17.8 Å². The molecule has 148 valence electrons. The molecule has 2 fully saturated rings. The molecule has 1 aliphatic heterocycles. The number of amides is 2. The van der Waals surface area contributed by atoms with Gasteiger partial charge < -0.3 is 15.0 Å². The van der Waals surface area contributed by atoms with Gasteiger partial charge >= 0.3 is 5.97 Å². The Balaban J connectivity index is 1.53. The summed E-state index contributed by atoms with van der Waals surface area (Å²) in [5.74, 6) is -1.59. The van der Waals surface area contributed by atoms with Gasteiger partial charge in [0.1, 0.15) is 6.07 Å². The number of likely N-dealkylation sites (tertiary alicyclic amines) is 1. The summed E-state index contributed by atoms with van der Waals surface area (Å²) in [6.07, 6.45) is 3.31. The normalized spacial score (nSPS) is 20.7. The first kappa shape index (κ1) is 20.2.